The van der Waals surface area contributed by atoms with Gasteiger partial charge in [-0.1, -0.05) is 13.8 Å². The summed E-state index contributed by atoms with van der Waals surface area (Å²) in [6, 6.07) is 8.30. The lowest BCUT2D eigenvalue weighted by Gasteiger charge is -2.25. The quantitative estimate of drug-likeness (QED) is 0.925. The molecule has 2 rings (SSSR count). The van der Waals surface area contributed by atoms with Gasteiger partial charge < -0.3 is 10.2 Å². The second-order valence-electron chi connectivity index (χ2n) is 5.31. The van der Waals surface area contributed by atoms with Crippen molar-refractivity contribution in [3.8, 4) is 6.07 Å². The summed E-state index contributed by atoms with van der Waals surface area (Å²) in [6.45, 7) is 3.86. The molecule has 1 aliphatic rings. The Kier molecular flexibility index (Phi) is 5.45. The lowest BCUT2D eigenvalue weighted by Crippen LogP contribution is -2.46. The first-order valence-corrected chi connectivity index (χ1v) is 8.41. The van der Waals surface area contributed by atoms with Gasteiger partial charge in [-0.2, -0.15) is 5.26 Å². The lowest BCUT2D eigenvalue weighted by molar-refractivity contribution is -0.139. The van der Waals surface area contributed by atoms with E-state index < -0.39 is 6.04 Å². The number of nitriles is 1. The van der Waals surface area contributed by atoms with E-state index in [1.54, 1.807) is 40.9 Å². The molecule has 1 saturated heterocycles. The highest BCUT2D eigenvalue weighted by Crippen LogP contribution is 2.25. The van der Waals surface area contributed by atoms with Gasteiger partial charge in [-0.15, -0.1) is 11.8 Å². The first kappa shape index (κ1) is 16.4. The molecule has 0 bridgehead atoms. The van der Waals surface area contributed by atoms with Crippen LogP contribution in [0.4, 0.5) is 5.69 Å². The molecule has 0 aliphatic carbocycles. The maximum absolute atomic E-state index is 12.4. The maximum atomic E-state index is 12.4. The Morgan fingerprint density at radius 1 is 1.45 bits per heavy atom. The van der Waals surface area contributed by atoms with Crippen LogP contribution in [0.25, 0.3) is 0 Å². The number of carbonyl (C=O) groups is 2. The minimum Gasteiger partial charge on any atom is -0.324 e. The monoisotopic (exact) mass is 317 g/mol. The molecule has 22 heavy (non-hydrogen) atoms. The molecule has 5 nitrogen and oxygen atoms in total. The van der Waals surface area contributed by atoms with Crippen molar-refractivity contribution >= 4 is 29.3 Å². The second-order valence-corrected chi connectivity index (χ2v) is 6.31. The average Bonchev–Trinajstić information content (AvgIpc) is 3.03. The molecule has 1 aromatic rings. The van der Waals surface area contributed by atoms with Crippen LogP contribution in [0.15, 0.2) is 24.3 Å². The SMILES string of the molecule is CC[C@@H](C)C(=O)N1CSC[C@H]1C(=O)Nc1ccc(C#N)cc1. The van der Waals surface area contributed by atoms with E-state index in [4.69, 9.17) is 5.26 Å². The van der Waals surface area contributed by atoms with Crippen molar-refractivity contribution in [2.24, 2.45) is 5.92 Å². The van der Waals surface area contributed by atoms with Crippen LogP contribution in [0.5, 0.6) is 0 Å². The molecule has 2 atom stereocenters. The zero-order valence-electron chi connectivity index (χ0n) is 12.7. The van der Waals surface area contributed by atoms with Gasteiger partial charge in [-0.25, -0.2) is 0 Å². The molecule has 0 spiro atoms. The number of hydrogen-bond donors (Lipinski definition) is 1. The summed E-state index contributed by atoms with van der Waals surface area (Å²) >= 11 is 1.59. The van der Waals surface area contributed by atoms with Crippen molar-refractivity contribution in [3.05, 3.63) is 29.8 Å². The molecule has 0 saturated carbocycles. The van der Waals surface area contributed by atoms with Crippen LogP contribution < -0.4 is 5.32 Å². The zero-order valence-corrected chi connectivity index (χ0v) is 13.5. The number of amides is 2. The highest BCUT2D eigenvalue weighted by atomic mass is 32.2. The fourth-order valence-electron chi connectivity index (χ4n) is 2.19. The van der Waals surface area contributed by atoms with Gasteiger partial charge in [0.15, 0.2) is 0 Å². The van der Waals surface area contributed by atoms with Crippen molar-refractivity contribution in [2.45, 2.75) is 26.3 Å². The molecule has 1 N–H and O–H groups in total. The third kappa shape index (κ3) is 3.60. The van der Waals surface area contributed by atoms with Gasteiger partial charge in [-0.05, 0) is 30.7 Å². The molecular formula is C16H19N3O2S. The summed E-state index contributed by atoms with van der Waals surface area (Å²) in [5.74, 6) is 0.974. The first-order valence-electron chi connectivity index (χ1n) is 7.26. The van der Waals surface area contributed by atoms with E-state index >= 15 is 0 Å². The van der Waals surface area contributed by atoms with E-state index in [-0.39, 0.29) is 17.7 Å². The molecule has 1 aliphatic heterocycles. The molecule has 6 heteroatoms. The van der Waals surface area contributed by atoms with Gasteiger partial charge in [0.05, 0.1) is 17.5 Å². The summed E-state index contributed by atoms with van der Waals surface area (Å²) in [6.07, 6.45) is 0.768. The number of rotatable bonds is 4. The van der Waals surface area contributed by atoms with Gasteiger partial charge in [0.2, 0.25) is 11.8 Å². The van der Waals surface area contributed by atoms with Crippen LogP contribution in [-0.2, 0) is 9.59 Å². The molecule has 1 fully saturated rings. The number of hydrogen-bond acceptors (Lipinski definition) is 4. The second kappa shape index (κ2) is 7.32. The summed E-state index contributed by atoms with van der Waals surface area (Å²) in [5, 5.41) is 11.6. The Morgan fingerprint density at radius 2 is 2.14 bits per heavy atom. The van der Waals surface area contributed by atoms with E-state index in [1.165, 1.54) is 0 Å². The number of nitrogens with zero attached hydrogens (tertiary/aromatic N) is 2. The van der Waals surface area contributed by atoms with Crippen molar-refractivity contribution in [2.75, 3.05) is 16.9 Å². The van der Waals surface area contributed by atoms with E-state index in [2.05, 4.69) is 5.32 Å². The Labute approximate surface area is 134 Å². The van der Waals surface area contributed by atoms with Gasteiger partial charge in [0.1, 0.15) is 6.04 Å². The van der Waals surface area contributed by atoms with Crippen LogP contribution in [-0.4, -0.2) is 34.4 Å². The largest absolute Gasteiger partial charge is 0.324 e. The number of anilines is 1. The minimum absolute atomic E-state index is 0.0347. The van der Waals surface area contributed by atoms with Gasteiger partial charge >= 0.3 is 0 Å². The molecule has 1 aromatic carbocycles. The topological polar surface area (TPSA) is 73.2 Å². The van der Waals surface area contributed by atoms with Crippen LogP contribution >= 0.6 is 11.8 Å². The van der Waals surface area contributed by atoms with Crippen molar-refractivity contribution < 1.29 is 9.59 Å². The van der Waals surface area contributed by atoms with E-state index in [0.717, 1.165) is 6.42 Å². The fourth-order valence-corrected chi connectivity index (χ4v) is 3.35. The molecule has 116 valence electrons. The third-order valence-corrected chi connectivity index (χ3v) is 4.80. The molecular weight excluding hydrogens is 298 g/mol. The van der Waals surface area contributed by atoms with Gasteiger partial charge in [0.25, 0.3) is 0 Å². The van der Waals surface area contributed by atoms with E-state index in [0.29, 0.717) is 22.9 Å². The van der Waals surface area contributed by atoms with Crippen LogP contribution in [0.2, 0.25) is 0 Å². The van der Waals surface area contributed by atoms with Crippen molar-refractivity contribution in [1.29, 1.82) is 5.26 Å². The maximum Gasteiger partial charge on any atom is 0.248 e. The molecule has 0 unspecified atom stereocenters. The standard InChI is InChI=1S/C16H19N3O2S/c1-3-11(2)16(21)19-10-22-9-14(19)15(20)18-13-6-4-12(8-17)5-7-13/h4-7,11,14H,3,9-10H2,1-2H3,(H,18,20)/t11-,14+/m1/s1. The Morgan fingerprint density at radius 3 is 2.73 bits per heavy atom. The van der Waals surface area contributed by atoms with Crippen molar-refractivity contribution in [1.82, 2.24) is 4.90 Å². The molecule has 2 amide bonds. The average molecular weight is 317 g/mol. The fraction of sp³-hybridized carbons (Fsp3) is 0.438. The number of thioether (sulfide) groups is 1. The lowest BCUT2D eigenvalue weighted by atomic mass is 10.1. The Bertz CT molecular complexity index is 594. The molecule has 0 radical (unpaired) electrons. The third-order valence-electron chi connectivity index (χ3n) is 3.78. The Balaban J connectivity index is 2.04. The predicted octanol–water partition coefficient (Wildman–Crippen LogP) is 2.44. The zero-order chi connectivity index (χ0) is 16.1. The van der Waals surface area contributed by atoms with E-state index in [9.17, 15) is 9.59 Å². The molecule has 1 heterocycles. The Hall–Kier alpha value is -2.00. The highest BCUT2D eigenvalue weighted by Gasteiger charge is 2.35. The first-order chi connectivity index (χ1) is 10.6. The van der Waals surface area contributed by atoms with E-state index in [1.807, 2.05) is 19.9 Å². The number of carbonyl (C=O) groups excluding carboxylic acids is 2. The smallest absolute Gasteiger partial charge is 0.248 e. The van der Waals surface area contributed by atoms with Crippen LogP contribution in [0.3, 0.4) is 0 Å². The highest BCUT2D eigenvalue weighted by molar-refractivity contribution is 7.99. The summed E-state index contributed by atoms with van der Waals surface area (Å²) < 4.78 is 0. The minimum atomic E-state index is -0.429. The summed E-state index contributed by atoms with van der Waals surface area (Å²) in [7, 11) is 0. The van der Waals surface area contributed by atoms with Crippen LogP contribution in [0.1, 0.15) is 25.8 Å². The number of nitrogens with one attached hydrogen (secondary N) is 1. The summed E-state index contributed by atoms with van der Waals surface area (Å²) in [5.41, 5.74) is 1.18. The molecule has 0 aromatic heterocycles. The summed E-state index contributed by atoms with van der Waals surface area (Å²) in [4.78, 5) is 26.4. The van der Waals surface area contributed by atoms with Crippen LogP contribution in [0, 0.1) is 17.2 Å². The van der Waals surface area contributed by atoms with Crippen molar-refractivity contribution in [3.63, 3.8) is 0 Å². The van der Waals surface area contributed by atoms with Gasteiger partial charge in [-0.3, -0.25) is 9.59 Å². The number of benzene rings is 1. The predicted molar refractivity (Wildman–Crippen MR) is 87.2 cm³/mol. The van der Waals surface area contributed by atoms with Gasteiger partial charge in [0, 0.05) is 17.4 Å². The normalized spacial score (nSPS) is 18.6.